The number of nitrogens with zero attached hydrogens (tertiary/aromatic N) is 2. The predicted octanol–water partition coefficient (Wildman–Crippen LogP) is 1.74. The van der Waals surface area contributed by atoms with Crippen molar-refractivity contribution >= 4 is 10.0 Å². The molecule has 2 fully saturated rings. The van der Waals surface area contributed by atoms with E-state index in [0.717, 1.165) is 25.7 Å². The van der Waals surface area contributed by atoms with Crippen LogP contribution < -0.4 is 0 Å². The minimum absolute atomic E-state index is 0.108. The van der Waals surface area contributed by atoms with E-state index in [2.05, 4.69) is 6.92 Å². The summed E-state index contributed by atoms with van der Waals surface area (Å²) in [6, 6.07) is 2.01. The fraction of sp³-hybridized carbons (Fsp3) is 0.714. The van der Waals surface area contributed by atoms with Gasteiger partial charge in [0.25, 0.3) is 0 Å². The lowest BCUT2D eigenvalue weighted by Crippen LogP contribution is -2.28. The number of aliphatic hydroxyl groups is 1. The fourth-order valence-corrected chi connectivity index (χ4v) is 4.54. The van der Waals surface area contributed by atoms with Crippen LogP contribution in [-0.4, -0.2) is 35.5 Å². The van der Waals surface area contributed by atoms with Crippen LogP contribution >= 0.6 is 0 Å². The Morgan fingerprint density at radius 2 is 2.10 bits per heavy atom. The van der Waals surface area contributed by atoms with Crippen LogP contribution in [-0.2, 0) is 16.6 Å². The van der Waals surface area contributed by atoms with Gasteiger partial charge in [0.15, 0.2) is 0 Å². The summed E-state index contributed by atoms with van der Waals surface area (Å²) in [6.07, 6.45) is 5.83. The van der Waals surface area contributed by atoms with Crippen LogP contribution in [0.4, 0.5) is 0 Å². The maximum Gasteiger partial charge on any atom is 0.244 e. The molecular weight excluding hydrogens is 276 g/mol. The lowest BCUT2D eigenvalue weighted by atomic mass is 10.1. The van der Waals surface area contributed by atoms with Gasteiger partial charge in [0.1, 0.15) is 4.90 Å². The van der Waals surface area contributed by atoms with E-state index in [4.69, 9.17) is 0 Å². The van der Waals surface area contributed by atoms with Crippen molar-refractivity contribution in [3.8, 4) is 0 Å². The number of aromatic nitrogens is 1. The van der Waals surface area contributed by atoms with Crippen LogP contribution in [0.15, 0.2) is 17.2 Å². The molecule has 112 valence electrons. The van der Waals surface area contributed by atoms with Crippen molar-refractivity contribution in [3.63, 3.8) is 0 Å². The number of sulfonamides is 1. The van der Waals surface area contributed by atoms with Crippen molar-refractivity contribution in [1.82, 2.24) is 8.87 Å². The molecule has 0 radical (unpaired) electrons. The third kappa shape index (κ3) is 2.40. The Bertz CT molecular complexity index is 590. The zero-order valence-electron chi connectivity index (χ0n) is 11.8. The van der Waals surface area contributed by atoms with E-state index in [0.29, 0.717) is 35.6 Å². The monoisotopic (exact) mass is 298 g/mol. The van der Waals surface area contributed by atoms with Crippen LogP contribution in [0, 0.1) is 5.92 Å². The molecule has 1 aromatic rings. The molecule has 1 saturated carbocycles. The lowest BCUT2D eigenvalue weighted by Gasteiger charge is -2.15. The molecule has 1 unspecified atom stereocenters. The van der Waals surface area contributed by atoms with Crippen molar-refractivity contribution in [1.29, 1.82) is 0 Å². The highest BCUT2D eigenvalue weighted by Crippen LogP contribution is 2.38. The molecule has 0 bridgehead atoms. The Labute approximate surface area is 120 Å². The average molecular weight is 298 g/mol. The van der Waals surface area contributed by atoms with Gasteiger partial charge in [-0.05, 0) is 31.2 Å². The van der Waals surface area contributed by atoms with Crippen LogP contribution in [0.3, 0.4) is 0 Å². The normalized spacial score (nSPS) is 24.4. The minimum Gasteiger partial charge on any atom is -0.390 e. The Kier molecular flexibility index (Phi) is 3.64. The summed E-state index contributed by atoms with van der Waals surface area (Å²) in [4.78, 5) is 0.338. The highest BCUT2D eigenvalue weighted by atomic mass is 32.2. The second-order valence-electron chi connectivity index (χ2n) is 5.89. The van der Waals surface area contributed by atoms with Gasteiger partial charge in [-0.1, -0.05) is 13.3 Å². The molecule has 0 spiro atoms. The third-order valence-electron chi connectivity index (χ3n) is 4.47. The van der Waals surface area contributed by atoms with Crippen LogP contribution in [0.5, 0.6) is 0 Å². The van der Waals surface area contributed by atoms with E-state index in [1.165, 1.54) is 0 Å². The number of hydrogen-bond acceptors (Lipinski definition) is 3. The molecule has 1 N–H and O–H groups in total. The first-order valence-electron chi connectivity index (χ1n) is 7.38. The highest BCUT2D eigenvalue weighted by Gasteiger charge is 2.34. The Morgan fingerprint density at radius 3 is 2.65 bits per heavy atom. The van der Waals surface area contributed by atoms with Gasteiger partial charge in [-0.25, -0.2) is 8.42 Å². The largest absolute Gasteiger partial charge is 0.390 e. The predicted molar refractivity (Wildman–Crippen MR) is 75.8 cm³/mol. The standard InChI is InChI=1S/C14H22N2O3S/c1-2-11-5-6-15(8-11)20(18,19)14-7-13(10-17)16(9-14)12-3-4-12/h7,9,11-12,17H,2-6,8,10H2,1H3. The molecular formula is C14H22N2O3S. The summed E-state index contributed by atoms with van der Waals surface area (Å²) in [5.74, 6) is 0.479. The molecule has 1 saturated heterocycles. The van der Waals surface area contributed by atoms with E-state index in [1.54, 1.807) is 16.6 Å². The quantitative estimate of drug-likeness (QED) is 0.900. The minimum atomic E-state index is -3.40. The van der Waals surface area contributed by atoms with Gasteiger partial charge in [0, 0.05) is 31.0 Å². The van der Waals surface area contributed by atoms with E-state index in [-0.39, 0.29) is 6.61 Å². The second kappa shape index (κ2) is 5.16. The van der Waals surface area contributed by atoms with Gasteiger partial charge < -0.3 is 9.67 Å². The van der Waals surface area contributed by atoms with Crippen LogP contribution in [0.2, 0.25) is 0 Å². The van der Waals surface area contributed by atoms with Gasteiger partial charge in [-0.3, -0.25) is 0 Å². The summed E-state index contributed by atoms with van der Waals surface area (Å²) in [7, 11) is -3.40. The molecule has 0 amide bonds. The van der Waals surface area contributed by atoms with E-state index < -0.39 is 10.0 Å². The smallest absolute Gasteiger partial charge is 0.244 e. The first-order chi connectivity index (χ1) is 9.56. The zero-order chi connectivity index (χ0) is 14.3. The summed E-state index contributed by atoms with van der Waals surface area (Å²) in [5.41, 5.74) is 0.706. The molecule has 1 aliphatic heterocycles. The van der Waals surface area contributed by atoms with Gasteiger partial charge >= 0.3 is 0 Å². The van der Waals surface area contributed by atoms with Gasteiger partial charge in [-0.15, -0.1) is 0 Å². The van der Waals surface area contributed by atoms with Crippen molar-refractivity contribution < 1.29 is 13.5 Å². The van der Waals surface area contributed by atoms with Crippen molar-refractivity contribution in [2.75, 3.05) is 13.1 Å². The number of rotatable bonds is 5. The molecule has 1 atom stereocenters. The highest BCUT2D eigenvalue weighted by molar-refractivity contribution is 7.89. The number of aliphatic hydroxyl groups excluding tert-OH is 1. The molecule has 1 aromatic heterocycles. The molecule has 20 heavy (non-hydrogen) atoms. The first kappa shape index (κ1) is 14.1. The molecule has 2 aliphatic rings. The van der Waals surface area contributed by atoms with Crippen molar-refractivity contribution in [3.05, 3.63) is 18.0 Å². The molecule has 3 rings (SSSR count). The van der Waals surface area contributed by atoms with Gasteiger partial charge in [0.05, 0.1) is 6.61 Å². The summed E-state index contributed by atoms with van der Waals surface area (Å²) >= 11 is 0. The van der Waals surface area contributed by atoms with Crippen molar-refractivity contribution in [2.45, 2.75) is 50.2 Å². The van der Waals surface area contributed by atoms with E-state index in [9.17, 15) is 13.5 Å². The van der Waals surface area contributed by atoms with Gasteiger partial charge in [-0.2, -0.15) is 4.31 Å². The topological polar surface area (TPSA) is 62.5 Å². The van der Waals surface area contributed by atoms with E-state index >= 15 is 0 Å². The van der Waals surface area contributed by atoms with Crippen LogP contribution in [0.1, 0.15) is 44.3 Å². The SMILES string of the molecule is CCC1CCN(S(=O)(=O)c2cc(CO)n(C3CC3)c2)C1. The molecule has 6 heteroatoms. The summed E-state index contributed by atoms with van der Waals surface area (Å²) < 4.78 is 28.8. The zero-order valence-corrected chi connectivity index (χ0v) is 12.6. The van der Waals surface area contributed by atoms with E-state index in [1.807, 2.05) is 4.57 Å². The average Bonchev–Trinajstić information content (AvgIpc) is 3.01. The fourth-order valence-electron chi connectivity index (χ4n) is 2.95. The summed E-state index contributed by atoms with van der Waals surface area (Å²) in [5, 5.41) is 9.39. The Hall–Kier alpha value is -0.850. The molecule has 0 aromatic carbocycles. The van der Waals surface area contributed by atoms with Crippen LogP contribution in [0.25, 0.3) is 0 Å². The Morgan fingerprint density at radius 1 is 1.35 bits per heavy atom. The number of hydrogen-bond donors (Lipinski definition) is 1. The maximum absolute atomic E-state index is 12.7. The second-order valence-corrected chi connectivity index (χ2v) is 7.83. The molecule has 1 aliphatic carbocycles. The molecule has 2 heterocycles. The first-order valence-corrected chi connectivity index (χ1v) is 8.82. The summed E-state index contributed by atoms with van der Waals surface area (Å²) in [6.45, 7) is 3.24. The Balaban J connectivity index is 1.87. The third-order valence-corrected chi connectivity index (χ3v) is 6.30. The lowest BCUT2D eigenvalue weighted by molar-refractivity contribution is 0.270. The maximum atomic E-state index is 12.7. The molecule has 5 nitrogen and oxygen atoms in total. The van der Waals surface area contributed by atoms with Crippen molar-refractivity contribution in [2.24, 2.45) is 5.92 Å². The van der Waals surface area contributed by atoms with Gasteiger partial charge in [0.2, 0.25) is 10.0 Å².